The molecule has 2 fully saturated rings. The van der Waals surface area contributed by atoms with E-state index in [0.717, 1.165) is 11.8 Å². The van der Waals surface area contributed by atoms with Crippen LogP contribution in [0.5, 0.6) is 11.5 Å². The van der Waals surface area contributed by atoms with E-state index in [1.54, 1.807) is 12.1 Å². The zero-order valence-electron chi connectivity index (χ0n) is 10.8. The van der Waals surface area contributed by atoms with Crippen molar-refractivity contribution in [1.29, 1.82) is 0 Å². The van der Waals surface area contributed by atoms with Crippen LogP contribution in [-0.2, 0) is 0 Å². The monoisotopic (exact) mass is 246 g/mol. The minimum absolute atomic E-state index is 0.00486. The van der Waals surface area contributed by atoms with Crippen LogP contribution in [0.4, 0.5) is 0 Å². The summed E-state index contributed by atoms with van der Waals surface area (Å²) in [6.07, 6.45) is 9.45. The summed E-state index contributed by atoms with van der Waals surface area (Å²) in [5.74, 6) is 2.32. The second-order valence-electron chi connectivity index (χ2n) is 5.99. The van der Waals surface area contributed by atoms with Gasteiger partial charge >= 0.3 is 0 Å². The molecule has 1 aromatic rings. The SMILES string of the molecule is Oc1ccc(C2CCCC3CCCCC32)cc1O. The van der Waals surface area contributed by atoms with Gasteiger partial charge in [0.15, 0.2) is 11.5 Å². The summed E-state index contributed by atoms with van der Waals surface area (Å²) < 4.78 is 0. The van der Waals surface area contributed by atoms with Gasteiger partial charge in [0.1, 0.15) is 0 Å². The normalized spacial score (nSPS) is 31.9. The van der Waals surface area contributed by atoms with Crippen LogP contribution in [0.2, 0.25) is 0 Å². The molecule has 3 atom stereocenters. The highest BCUT2D eigenvalue weighted by Gasteiger charge is 2.35. The first-order valence-corrected chi connectivity index (χ1v) is 7.27. The standard InChI is InChI=1S/C16H22O2/c17-15-9-8-12(10-16(15)18)14-7-3-5-11-4-1-2-6-13(11)14/h8-11,13-14,17-18H,1-7H2. The maximum atomic E-state index is 9.68. The molecule has 0 amide bonds. The molecular weight excluding hydrogens is 224 g/mol. The Morgan fingerprint density at radius 3 is 2.44 bits per heavy atom. The zero-order chi connectivity index (χ0) is 12.5. The first kappa shape index (κ1) is 11.9. The summed E-state index contributed by atoms with van der Waals surface area (Å²) in [6.45, 7) is 0. The van der Waals surface area contributed by atoms with E-state index in [1.807, 2.05) is 6.07 Å². The van der Waals surface area contributed by atoms with Gasteiger partial charge in [0.2, 0.25) is 0 Å². The molecule has 2 heteroatoms. The summed E-state index contributed by atoms with van der Waals surface area (Å²) in [7, 11) is 0. The third-order valence-electron chi connectivity index (χ3n) is 5.00. The van der Waals surface area contributed by atoms with E-state index >= 15 is 0 Å². The van der Waals surface area contributed by atoms with Crippen LogP contribution in [0.15, 0.2) is 18.2 Å². The van der Waals surface area contributed by atoms with Gasteiger partial charge in [-0.3, -0.25) is 0 Å². The highest BCUT2D eigenvalue weighted by atomic mass is 16.3. The molecule has 3 rings (SSSR count). The number of aromatic hydroxyl groups is 2. The molecule has 0 bridgehead atoms. The van der Waals surface area contributed by atoms with Crippen LogP contribution in [0.25, 0.3) is 0 Å². The molecule has 2 nitrogen and oxygen atoms in total. The molecule has 18 heavy (non-hydrogen) atoms. The third kappa shape index (κ3) is 2.09. The van der Waals surface area contributed by atoms with Crippen molar-refractivity contribution in [2.75, 3.05) is 0 Å². The van der Waals surface area contributed by atoms with Crippen molar-refractivity contribution in [3.63, 3.8) is 0 Å². The van der Waals surface area contributed by atoms with Crippen LogP contribution in [0.1, 0.15) is 56.4 Å². The number of hydrogen-bond acceptors (Lipinski definition) is 2. The number of phenols is 2. The fourth-order valence-corrected chi connectivity index (χ4v) is 4.12. The van der Waals surface area contributed by atoms with Gasteiger partial charge in [-0.25, -0.2) is 0 Å². The van der Waals surface area contributed by atoms with E-state index in [4.69, 9.17) is 0 Å². The lowest BCUT2D eigenvalue weighted by molar-refractivity contribution is 0.144. The molecule has 2 N–H and O–H groups in total. The molecule has 98 valence electrons. The molecule has 0 heterocycles. The van der Waals surface area contributed by atoms with E-state index in [1.165, 1.54) is 50.5 Å². The van der Waals surface area contributed by atoms with Crippen molar-refractivity contribution in [2.45, 2.75) is 50.9 Å². The Bertz CT molecular complexity index is 425. The molecular formula is C16H22O2. The van der Waals surface area contributed by atoms with Crippen LogP contribution in [-0.4, -0.2) is 10.2 Å². The smallest absolute Gasteiger partial charge is 0.157 e. The largest absolute Gasteiger partial charge is 0.504 e. The highest BCUT2D eigenvalue weighted by molar-refractivity contribution is 5.42. The van der Waals surface area contributed by atoms with Crippen LogP contribution in [0, 0.1) is 11.8 Å². The number of fused-ring (bicyclic) bond motifs is 1. The zero-order valence-corrected chi connectivity index (χ0v) is 10.8. The van der Waals surface area contributed by atoms with Crippen LogP contribution < -0.4 is 0 Å². The molecule has 0 saturated heterocycles. The average Bonchev–Trinajstić information content (AvgIpc) is 2.41. The van der Waals surface area contributed by atoms with E-state index < -0.39 is 0 Å². The van der Waals surface area contributed by atoms with E-state index in [-0.39, 0.29) is 11.5 Å². The lowest BCUT2D eigenvalue weighted by Gasteiger charge is -2.41. The van der Waals surface area contributed by atoms with Gasteiger partial charge in [0.25, 0.3) is 0 Å². The maximum absolute atomic E-state index is 9.68. The lowest BCUT2D eigenvalue weighted by Crippen LogP contribution is -2.29. The Morgan fingerprint density at radius 2 is 1.61 bits per heavy atom. The second kappa shape index (κ2) is 4.83. The Labute approximate surface area is 109 Å². The molecule has 2 aliphatic rings. The minimum Gasteiger partial charge on any atom is -0.504 e. The van der Waals surface area contributed by atoms with Gasteiger partial charge in [0.05, 0.1) is 0 Å². The topological polar surface area (TPSA) is 40.5 Å². The quantitative estimate of drug-likeness (QED) is 0.730. The molecule has 2 saturated carbocycles. The maximum Gasteiger partial charge on any atom is 0.157 e. The van der Waals surface area contributed by atoms with Gasteiger partial charge < -0.3 is 10.2 Å². The van der Waals surface area contributed by atoms with E-state index in [9.17, 15) is 10.2 Å². The Kier molecular flexibility index (Phi) is 3.19. The number of rotatable bonds is 1. The van der Waals surface area contributed by atoms with Crippen molar-refractivity contribution in [1.82, 2.24) is 0 Å². The summed E-state index contributed by atoms with van der Waals surface area (Å²) in [5, 5.41) is 19.1. The summed E-state index contributed by atoms with van der Waals surface area (Å²) >= 11 is 0. The van der Waals surface area contributed by atoms with Crippen LogP contribution in [0.3, 0.4) is 0 Å². The molecule has 0 aliphatic heterocycles. The number of benzene rings is 1. The average molecular weight is 246 g/mol. The molecule has 0 spiro atoms. The second-order valence-corrected chi connectivity index (χ2v) is 5.99. The van der Waals surface area contributed by atoms with Crippen LogP contribution >= 0.6 is 0 Å². The summed E-state index contributed by atoms with van der Waals surface area (Å²) in [6, 6.07) is 5.41. The predicted octanol–water partition coefficient (Wildman–Crippen LogP) is 4.17. The van der Waals surface area contributed by atoms with Crippen molar-refractivity contribution < 1.29 is 10.2 Å². The third-order valence-corrected chi connectivity index (χ3v) is 5.00. The summed E-state index contributed by atoms with van der Waals surface area (Å²) in [4.78, 5) is 0. The first-order valence-electron chi connectivity index (χ1n) is 7.27. The minimum atomic E-state index is -0.00486. The number of phenolic OH excluding ortho intramolecular Hbond substituents is 2. The molecule has 1 aromatic carbocycles. The van der Waals surface area contributed by atoms with Gasteiger partial charge in [-0.15, -0.1) is 0 Å². The van der Waals surface area contributed by atoms with Gasteiger partial charge in [-0.05, 0) is 48.3 Å². The fourth-order valence-electron chi connectivity index (χ4n) is 4.12. The summed E-state index contributed by atoms with van der Waals surface area (Å²) in [5.41, 5.74) is 1.22. The molecule has 0 aromatic heterocycles. The van der Waals surface area contributed by atoms with Crippen molar-refractivity contribution in [3.05, 3.63) is 23.8 Å². The predicted molar refractivity (Wildman–Crippen MR) is 71.8 cm³/mol. The Morgan fingerprint density at radius 1 is 0.833 bits per heavy atom. The van der Waals surface area contributed by atoms with E-state index in [2.05, 4.69) is 0 Å². The molecule has 0 radical (unpaired) electrons. The Balaban J connectivity index is 1.87. The van der Waals surface area contributed by atoms with Crippen molar-refractivity contribution in [2.24, 2.45) is 11.8 Å². The Hall–Kier alpha value is -1.18. The molecule has 3 unspecified atom stereocenters. The van der Waals surface area contributed by atoms with Crippen molar-refractivity contribution in [3.8, 4) is 11.5 Å². The first-order chi connectivity index (χ1) is 8.75. The fraction of sp³-hybridized carbons (Fsp3) is 0.625. The highest BCUT2D eigenvalue weighted by Crippen LogP contribution is 2.48. The van der Waals surface area contributed by atoms with Crippen molar-refractivity contribution >= 4 is 0 Å². The van der Waals surface area contributed by atoms with Gasteiger partial charge in [0, 0.05) is 0 Å². The van der Waals surface area contributed by atoms with Gasteiger partial charge in [-0.1, -0.05) is 38.2 Å². The number of hydrogen-bond donors (Lipinski definition) is 2. The van der Waals surface area contributed by atoms with Gasteiger partial charge in [-0.2, -0.15) is 0 Å². The van der Waals surface area contributed by atoms with E-state index in [0.29, 0.717) is 5.92 Å². The lowest BCUT2D eigenvalue weighted by atomic mass is 9.64. The molecule has 2 aliphatic carbocycles.